The first-order valence-corrected chi connectivity index (χ1v) is 20.6. The molecule has 7 heterocycles. The molecule has 1 unspecified atom stereocenters. The summed E-state index contributed by atoms with van der Waals surface area (Å²) >= 11 is 0. The summed E-state index contributed by atoms with van der Waals surface area (Å²) in [5.41, 5.74) is 6.40. The molecule has 0 saturated heterocycles. The number of carbonyl (C=O) groups excluding carboxylic acids is 2. The van der Waals surface area contributed by atoms with Crippen LogP contribution in [-0.4, -0.2) is 48.3 Å². The van der Waals surface area contributed by atoms with E-state index in [2.05, 4.69) is 39.5 Å². The predicted octanol–water partition coefficient (Wildman–Crippen LogP) is 7.03. The molecular formula is C42H40N5O9P. The number of amides is 1. The van der Waals surface area contributed by atoms with Gasteiger partial charge in [-0.1, -0.05) is 70.2 Å². The van der Waals surface area contributed by atoms with E-state index in [0.717, 1.165) is 50.0 Å². The summed E-state index contributed by atoms with van der Waals surface area (Å²) in [6.07, 6.45) is 1.44. The monoisotopic (exact) mass is 789 g/mol. The van der Waals surface area contributed by atoms with Gasteiger partial charge in [0.05, 0.1) is 6.20 Å². The number of anilines is 1. The molecule has 57 heavy (non-hydrogen) atoms. The number of hydrogen-bond acceptors (Lipinski definition) is 10. The molecule has 14 nitrogen and oxygen atoms in total. The molecule has 4 N–H and O–H groups in total. The number of aryl methyl sites for hydroxylation is 1. The number of benzene rings is 3. The lowest BCUT2D eigenvalue weighted by atomic mass is 9.72. The van der Waals surface area contributed by atoms with Gasteiger partial charge in [0.1, 0.15) is 23.3 Å². The second-order valence-electron chi connectivity index (χ2n) is 16.2. The van der Waals surface area contributed by atoms with Crippen LogP contribution in [0.1, 0.15) is 68.5 Å². The van der Waals surface area contributed by atoms with Crippen LogP contribution in [0.15, 0.2) is 75.8 Å². The standard InChI is InChI=1S/C42H40N5O9P/c1-19(2)33-40-45-35-37(55-40)42-26-10-6-9-24(23-8-7-11-28-32(23)25(18-47(28)5)31-17-43-39(35)53-31)34(26)46-41(42)54-30-13-12-21(15-27(30)42)14-22(38(49)44-33)16-29(48)36(20(3)4)56-57(50,51)52/h6-13,15,17-20,22,33,36,41,46H,14,16H2,1-5H3,(H,44,49)(H2,50,51,52)/t22-,33+,36+,41?,42+/m1/s1. The van der Waals surface area contributed by atoms with E-state index in [1.165, 1.54) is 0 Å². The zero-order valence-corrected chi connectivity index (χ0v) is 32.7. The molecule has 4 aliphatic heterocycles. The molecule has 5 atom stereocenters. The fourth-order valence-corrected chi connectivity index (χ4v) is 9.94. The molecule has 1 amide bonds. The molecule has 3 aromatic carbocycles. The quantitative estimate of drug-likeness (QED) is 0.121. The average molecular weight is 790 g/mol. The second-order valence-corrected chi connectivity index (χ2v) is 17.4. The molecule has 4 aliphatic rings. The highest BCUT2D eigenvalue weighted by molar-refractivity contribution is 7.46. The molecule has 1 spiro atoms. The van der Waals surface area contributed by atoms with Gasteiger partial charge < -0.3 is 38.6 Å². The van der Waals surface area contributed by atoms with Gasteiger partial charge >= 0.3 is 7.82 Å². The Kier molecular flexibility index (Phi) is 7.85. The molecule has 15 heteroatoms. The third-order valence-electron chi connectivity index (χ3n) is 11.9. The van der Waals surface area contributed by atoms with Crippen LogP contribution < -0.4 is 15.4 Å². The predicted molar refractivity (Wildman–Crippen MR) is 208 cm³/mol. The number of ether oxygens (including phenoxy) is 1. The van der Waals surface area contributed by atoms with Gasteiger partial charge in [0.15, 0.2) is 29.2 Å². The van der Waals surface area contributed by atoms with Crippen LogP contribution in [0.2, 0.25) is 0 Å². The molecule has 0 saturated carbocycles. The van der Waals surface area contributed by atoms with Crippen LogP contribution in [0.5, 0.6) is 5.75 Å². The van der Waals surface area contributed by atoms with E-state index in [4.69, 9.17) is 28.1 Å². The average Bonchev–Trinajstić information content (AvgIpc) is 3.98. The van der Waals surface area contributed by atoms with Crippen LogP contribution in [0, 0.1) is 17.8 Å². The Hall–Kier alpha value is -5.53. The van der Waals surface area contributed by atoms with Crippen molar-refractivity contribution in [2.45, 2.75) is 64.3 Å². The normalized spacial score (nSPS) is 22.1. The molecule has 292 valence electrons. The van der Waals surface area contributed by atoms with E-state index in [-0.39, 0.29) is 30.5 Å². The summed E-state index contributed by atoms with van der Waals surface area (Å²) in [6.45, 7) is 7.15. The Bertz CT molecular complexity index is 2720. The molecule has 0 radical (unpaired) electrons. The molecule has 10 rings (SSSR count). The summed E-state index contributed by atoms with van der Waals surface area (Å²) < 4.78 is 39.4. The topological polar surface area (TPSA) is 191 Å². The van der Waals surface area contributed by atoms with Crippen molar-refractivity contribution >= 4 is 36.1 Å². The number of phosphoric ester groups is 1. The molecule has 6 aromatic rings. The van der Waals surface area contributed by atoms with E-state index in [1.807, 2.05) is 57.4 Å². The minimum Gasteiger partial charge on any atom is -0.469 e. The lowest BCUT2D eigenvalue weighted by Gasteiger charge is -2.29. The number of para-hydroxylation sites is 1. The maximum absolute atomic E-state index is 14.4. The van der Waals surface area contributed by atoms with Crippen molar-refractivity contribution in [3.8, 4) is 39.8 Å². The minimum absolute atomic E-state index is 0.137. The van der Waals surface area contributed by atoms with Crippen molar-refractivity contribution in [3.63, 3.8) is 0 Å². The van der Waals surface area contributed by atoms with Gasteiger partial charge in [-0.3, -0.25) is 14.1 Å². The number of ketones is 1. The molecule has 0 fully saturated rings. The van der Waals surface area contributed by atoms with Crippen LogP contribution in [0.4, 0.5) is 5.69 Å². The van der Waals surface area contributed by atoms with Gasteiger partial charge in [-0.05, 0) is 41.5 Å². The smallest absolute Gasteiger partial charge is 0.469 e. The van der Waals surface area contributed by atoms with E-state index in [1.54, 1.807) is 20.0 Å². The second kappa shape index (κ2) is 12.5. The highest BCUT2D eigenvalue weighted by Gasteiger charge is 2.61. The summed E-state index contributed by atoms with van der Waals surface area (Å²) in [5.74, 6) is -0.697. The third kappa shape index (κ3) is 5.31. The van der Waals surface area contributed by atoms with Crippen LogP contribution >= 0.6 is 7.82 Å². The Balaban J connectivity index is 1.23. The maximum Gasteiger partial charge on any atom is 0.470 e. The summed E-state index contributed by atoms with van der Waals surface area (Å²) in [5, 5.41) is 7.90. The Morgan fingerprint density at radius 3 is 2.60 bits per heavy atom. The zero-order chi connectivity index (χ0) is 39.7. The highest BCUT2D eigenvalue weighted by atomic mass is 31.2. The first-order valence-electron chi connectivity index (χ1n) is 19.1. The van der Waals surface area contributed by atoms with Crippen LogP contribution in [0.3, 0.4) is 0 Å². The lowest BCUT2D eigenvalue weighted by Crippen LogP contribution is -2.41. The molecule has 3 aromatic heterocycles. The highest BCUT2D eigenvalue weighted by Crippen LogP contribution is 2.61. The number of Topliss-reactive ketones (excluding diaryl/α,β-unsaturated/α-hetero) is 1. The van der Waals surface area contributed by atoms with E-state index >= 15 is 0 Å². The molecule has 0 aliphatic carbocycles. The number of carbonyl (C=O) groups is 2. The third-order valence-corrected chi connectivity index (χ3v) is 12.4. The number of aromatic nitrogens is 3. The van der Waals surface area contributed by atoms with E-state index in [0.29, 0.717) is 23.0 Å². The van der Waals surface area contributed by atoms with E-state index in [9.17, 15) is 23.9 Å². The summed E-state index contributed by atoms with van der Waals surface area (Å²) in [4.78, 5) is 57.4. The lowest BCUT2D eigenvalue weighted by molar-refractivity contribution is -0.134. The van der Waals surface area contributed by atoms with Crippen molar-refractivity contribution in [2.24, 2.45) is 24.8 Å². The Morgan fingerprint density at radius 2 is 1.82 bits per heavy atom. The Morgan fingerprint density at radius 1 is 1.04 bits per heavy atom. The van der Waals surface area contributed by atoms with Gasteiger partial charge in [0.2, 0.25) is 17.7 Å². The number of nitrogens with zero attached hydrogens (tertiary/aromatic N) is 3. The van der Waals surface area contributed by atoms with E-state index < -0.39 is 55.1 Å². The number of oxazole rings is 2. The van der Waals surface area contributed by atoms with Crippen molar-refractivity contribution in [2.75, 3.05) is 5.32 Å². The number of rotatable bonds is 7. The fraction of sp³-hybridized carbons (Fsp3) is 0.333. The zero-order valence-electron chi connectivity index (χ0n) is 31.8. The summed E-state index contributed by atoms with van der Waals surface area (Å²) in [6, 6.07) is 17.4. The van der Waals surface area contributed by atoms with Gasteiger partial charge in [-0.15, -0.1) is 0 Å². The van der Waals surface area contributed by atoms with Crippen molar-refractivity contribution < 1.29 is 42.0 Å². The first-order chi connectivity index (χ1) is 27.2. The fourth-order valence-electron chi connectivity index (χ4n) is 9.28. The van der Waals surface area contributed by atoms with Gasteiger partial charge in [0.25, 0.3) is 0 Å². The molecule has 10 bridgehead atoms. The van der Waals surface area contributed by atoms with Crippen molar-refractivity contribution in [1.29, 1.82) is 0 Å². The SMILES string of the molecule is CC(C)[C@H](OP(=O)(O)O)C(=O)C[C@H]1Cc2ccc3c(c2)[C@]24c5cccc(c5NC2O3)-c2cccc3c2c(cn3C)-c2cnc(o2)-c2nc(oc24)[C@H](C(C)C)NC1=O. The number of fused-ring (bicyclic) bond motifs is 7. The van der Waals surface area contributed by atoms with Crippen molar-refractivity contribution in [3.05, 3.63) is 95.3 Å². The van der Waals surface area contributed by atoms with Crippen molar-refractivity contribution in [1.82, 2.24) is 19.9 Å². The number of hydrogen-bond donors (Lipinski definition) is 4. The minimum atomic E-state index is -5.01. The largest absolute Gasteiger partial charge is 0.470 e. The van der Waals surface area contributed by atoms with Gasteiger partial charge in [-0.2, -0.15) is 0 Å². The maximum atomic E-state index is 14.4. The summed E-state index contributed by atoms with van der Waals surface area (Å²) in [7, 11) is -3.00. The number of nitrogens with one attached hydrogen (secondary N) is 2. The van der Waals surface area contributed by atoms with Gasteiger partial charge in [-0.25, -0.2) is 14.5 Å². The van der Waals surface area contributed by atoms with Gasteiger partial charge in [0, 0.05) is 64.4 Å². The molecular weight excluding hydrogens is 749 g/mol. The van der Waals surface area contributed by atoms with Crippen LogP contribution in [0.25, 0.3) is 44.9 Å². The number of phosphoric acid groups is 1. The first kappa shape index (κ1) is 35.9. The van der Waals surface area contributed by atoms with Crippen LogP contribution in [-0.2, 0) is 37.6 Å². The Labute approximate surface area is 326 Å².